The molecule has 1 saturated heterocycles. The third-order valence-corrected chi connectivity index (χ3v) is 9.31. The first-order valence-electron chi connectivity index (χ1n) is 14.8. The fourth-order valence-electron chi connectivity index (χ4n) is 6.15. The Bertz CT molecular complexity index is 1320. The van der Waals surface area contributed by atoms with Crippen molar-refractivity contribution in [1.82, 2.24) is 0 Å². The molecule has 0 amide bonds. The van der Waals surface area contributed by atoms with Gasteiger partial charge < -0.3 is 33.9 Å². The van der Waals surface area contributed by atoms with Crippen LogP contribution in [0.15, 0.2) is 34.4 Å². The average molecular weight is 621 g/mol. The molecule has 44 heavy (non-hydrogen) atoms. The first kappa shape index (κ1) is 35.0. The number of ether oxygens (including phenoxy) is 5. The van der Waals surface area contributed by atoms with Crippen LogP contribution in [0.2, 0.25) is 0 Å². The van der Waals surface area contributed by atoms with Crippen molar-refractivity contribution < 1.29 is 57.9 Å². The van der Waals surface area contributed by atoms with Crippen molar-refractivity contribution in [2.45, 2.75) is 123 Å². The summed E-state index contributed by atoms with van der Waals surface area (Å²) in [6, 6.07) is 0. The fraction of sp³-hybridized carbons (Fsp3) is 0.656. The van der Waals surface area contributed by atoms with Crippen LogP contribution in [0.25, 0.3) is 0 Å². The van der Waals surface area contributed by atoms with E-state index in [1.165, 1.54) is 32.9 Å². The average Bonchev–Trinajstić information content (AvgIpc) is 3.29. The molecule has 1 saturated carbocycles. The van der Waals surface area contributed by atoms with Crippen LogP contribution in [0, 0.1) is 11.8 Å². The summed E-state index contributed by atoms with van der Waals surface area (Å²) < 4.78 is 29.2. The highest BCUT2D eigenvalue weighted by molar-refractivity contribution is 5.89. The van der Waals surface area contributed by atoms with E-state index in [9.17, 15) is 34.2 Å². The second kappa shape index (κ2) is 12.5. The van der Waals surface area contributed by atoms with Crippen molar-refractivity contribution in [2.75, 3.05) is 0 Å². The largest absolute Gasteiger partial charge is 0.459 e. The molecule has 2 aliphatic carbocycles. The van der Waals surface area contributed by atoms with Crippen LogP contribution in [0.5, 0.6) is 0 Å². The molecule has 12 heteroatoms. The first-order chi connectivity index (χ1) is 20.3. The zero-order valence-corrected chi connectivity index (χ0v) is 27.0. The molecule has 2 fully saturated rings. The highest BCUT2D eigenvalue weighted by atomic mass is 16.6. The SMILES string of the molecule is CC=C(C)C(=O)O[C@H]1[C@H]2C(=C(C)[C@@H]1OC(=O)C(C)=CC)[C@@H]1OC(=O)[C@@](C)(O)[C@@]1(O)[C@@H](OC(=O)[C@H](C)CC)C[C@]2(C)OC(C)=O. The van der Waals surface area contributed by atoms with E-state index in [2.05, 4.69) is 0 Å². The summed E-state index contributed by atoms with van der Waals surface area (Å²) >= 11 is 0. The van der Waals surface area contributed by atoms with Gasteiger partial charge in [0.2, 0.25) is 0 Å². The predicted molar refractivity (Wildman–Crippen MR) is 154 cm³/mol. The first-order valence-corrected chi connectivity index (χ1v) is 14.8. The summed E-state index contributed by atoms with van der Waals surface area (Å²) in [4.78, 5) is 65.1. The van der Waals surface area contributed by atoms with Crippen molar-refractivity contribution in [2.24, 2.45) is 11.8 Å². The molecule has 0 aromatic carbocycles. The van der Waals surface area contributed by atoms with Gasteiger partial charge in [0.15, 0.2) is 29.5 Å². The topological polar surface area (TPSA) is 172 Å². The lowest BCUT2D eigenvalue weighted by atomic mass is 9.75. The summed E-state index contributed by atoms with van der Waals surface area (Å²) in [7, 11) is 0. The minimum Gasteiger partial charge on any atom is -0.459 e. The fourth-order valence-corrected chi connectivity index (χ4v) is 6.15. The van der Waals surface area contributed by atoms with Gasteiger partial charge >= 0.3 is 29.8 Å². The van der Waals surface area contributed by atoms with Gasteiger partial charge in [0.25, 0.3) is 0 Å². The smallest absolute Gasteiger partial charge is 0.341 e. The Morgan fingerprint density at radius 2 is 1.55 bits per heavy atom. The Hall–Kier alpha value is -3.51. The van der Waals surface area contributed by atoms with E-state index in [4.69, 9.17) is 23.7 Å². The molecule has 9 atom stereocenters. The molecule has 12 nitrogen and oxygen atoms in total. The Labute approximate surface area is 257 Å². The van der Waals surface area contributed by atoms with Crippen molar-refractivity contribution in [3.63, 3.8) is 0 Å². The maximum atomic E-state index is 13.2. The zero-order chi connectivity index (χ0) is 33.5. The highest BCUT2D eigenvalue weighted by Gasteiger charge is 2.76. The molecule has 0 bridgehead atoms. The van der Waals surface area contributed by atoms with Gasteiger partial charge in [-0.2, -0.15) is 0 Å². The molecular weight excluding hydrogens is 576 g/mol. The van der Waals surface area contributed by atoms with Gasteiger partial charge in [-0.15, -0.1) is 0 Å². The van der Waals surface area contributed by atoms with Crippen molar-refractivity contribution in [3.05, 3.63) is 34.4 Å². The molecule has 0 unspecified atom stereocenters. The lowest BCUT2D eigenvalue weighted by molar-refractivity contribution is -0.213. The number of hydrogen-bond donors (Lipinski definition) is 2. The molecule has 1 aliphatic heterocycles. The van der Waals surface area contributed by atoms with Gasteiger partial charge in [0.05, 0.1) is 11.8 Å². The molecule has 0 radical (unpaired) electrons. The molecule has 244 valence electrons. The van der Waals surface area contributed by atoms with E-state index >= 15 is 0 Å². The number of allylic oxidation sites excluding steroid dienone is 2. The zero-order valence-electron chi connectivity index (χ0n) is 27.0. The van der Waals surface area contributed by atoms with E-state index < -0.39 is 89.3 Å². The van der Waals surface area contributed by atoms with Crippen LogP contribution >= 0.6 is 0 Å². The molecule has 0 aromatic heterocycles. The van der Waals surface area contributed by atoms with Gasteiger partial charge in [-0.25, -0.2) is 14.4 Å². The number of aliphatic hydroxyl groups is 2. The monoisotopic (exact) mass is 620 g/mol. The maximum Gasteiger partial charge on any atom is 0.341 e. The maximum absolute atomic E-state index is 13.2. The number of fused-ring (bicyclic) bond motifs is 3. The van der Waals surface area contributed by atoms with E-state index in [0.29, 0.717) is 6.42 Å². The Morgan fingerprint density at radius 1 is 1.00 bits per heavy atom. The van der Waals surface area contributed by atoms with Crippen molar-refractivity contribution in [1.29, 1.82) is 0 Å². The lowest BCUT2D eigenvalue weighted by Gasteiger charge is -2.42. The molecule has 0 aromatic rings. The number of esters is 5. The minimum atomic E-state index is -2.60. The summed E-state index contributed by atoms with van der Waals surface area (Å²) in [6.07, 6.45) is -2.90. The summed E-state index contributed by atoms with van der Waals surface area (Å²) in [5, 5.41) is 23.9. The van der Waals surface area contributed by atoms with Gasteiger partial charge in [-0.1, -0.05) is 26.0 Å². The summed E-state index contributed by atoms with van der Waals surface area (Å²) in [5.41, 5.74) is -6.05. The molecule has 1 heterocycles. The van der Waals surface area contributed by atoms with Gasteiger partial charge in [0, 0.05) is 24.5 Å². The van der Waals surface area contributed by atoms with Crippen LogP contribution < -0.4 is 0 Å². The summed E-state index contributed by atoms with van der Waals surface area (Å²) in [6.45, 7) is 15.0. The van der Waals surface area contributed by atoms with Crippen molar-refractivity contribution >= 4 is 29.8 Å². The van der Waals surface area contributed by atoms with Crippen LogP contribution in [-0.2, 0) is 47.7 Å². The van der Waals surface area contributed by atoms with Gasteiger partial charge in [0.1, 0.15) is 11.7 Å². The number of carbonyl (C=O) groups is 5. The Morgan fingerprint density at radius 3 is 2.05 bits per heavy atom. The van der Waals surface area contributed by atoms with E-state index in [-0.39, 0.29) is 22.3 Å². The molecule has 2 N–H and O–H groups in total. The number of hydrogen-bond acceptors (Lipinski definition) is 12. The van der Waals surface area contributed by atoms with Crippen LogP contribution in [0.1, 0.15) is 82.1 Å². The molecule has 3 rings (SSSR count). The number of rotatable bonds is 8. The third kappa shape index (κ3) is 5.69. The normalized spacial score (nSPS) is 36.0. The lowest BCUT2D eigenvalue weighted by Crippen LogP contribution is -2.64. The van der Waals surface area contributed by atoms with E-state index in [1.807, 2.05) is 0 Å². The minimum absolute atomic E-state index is 0.108. The Kier molecular flexibility index (Phi) is 9.91. The Balaban J connectivity index is 2.37. The van der Waals surface area contributed by atoms with E-state index in [1.54, 1.807) is 34.6 Å². The third-order valence-electron chi connectivity index (χ3n) is 9.31. The van der Waals surface area contributed by atoms with Crippen molar-refractivity contribution in [3.8, 4) is 0 Å². The predicted octanol–water partition coefficient (Wildman–Crippen LogP) is 2.78. The standard InChI is InChI=1S/C32H44O12/c1-11-15(4)26(34)40-20-14-30(9,44-19(8)33)22-21(25-32(20,39)31(10,38)29(37)43-25)18(7)23(41-27(35)16(5)12-2)24(22)42-28(36)17(6)13-3/h12-13,15,20,22-25,38-39H,11,14H2,1-10H3/t15-,20+,22-,23+,24+,25+,30+,31-,32-/m1/s1. The number of carbonyl (C=O) groups excluding carboxylic acids is 5. The van der Waals surface area contributed by atoms with Crippen LogP contribution in [-0.4, -0.2) is 81.3 Å². The van der Waals surface area contributed by atoms with E-state index in [0.717, 1.165) is 13.8 Å². The quantitative estimate of drug-likeness (QED) is 0.176. The van der Waals surface area contributed by atoms with Crippen LogP contribution in [0.3, 0.4) is 0 Å². The molecule has 0 spiro atoms. The van der Waals surface area contributed by atoms with Crippen LogP contribution in [0.4, 0.5) is 0 Å². The van der Waals surface area contributed by atoms with Gasteiger partial charge in [-0.3, -0.25) is 9.59 Å². The molecular formula is C32H44O12. The highest BCUT2D eigenvalue weighted by Crippen LogP contribution is 2.57. The second-order valence-electron chi connectivity index (χ2n) is 12.3. The van der Waals surface area contributed by atoms with Gasteiger partial charge in [-0.05, 0) is 66.0 Å². The summed E-state index contributed by atoms with van der Waals surface area (Å²) in [5.74, 6) is -5.93. The molecule has 3 aliphatic rings. The second-order valence-corrected chi connectivity index (χ2v) is 12.3.